The molecule has 16 heavy (non-hydrogen) atoms. The predicted molar refractivity (Wildman–Crippen MR) is 62.1 cm³/mol. The molecule has 2 aromatic rings. The molecule has 1 aromatic heterocycles. The second-order valence-corrected chi connectivity index (χ2v) is 3.74. The molecule has 3 heteroatoms. The van der Waals surface area contributed by atoms with E-state index in [0.717, 1.165) is 17.1 Å². The van der Waals surface area contributed by atoms with Gasteiger partial charge >= 0.3 is 0 Å². The van der Waals surface area contributed by atoms with Crippen molar-refractivity contribution >= 4 is 0 Å². The third-order valence-corrected chi connectivity index (χ3v) is 2.40. The van der Waals surface area contributed by atoms with Crippen LogP contribution in [0.1, 0.15) is 17.1 Å². The third kappa shape index (κ3) is 2.64. The smallest absolute Gasteiger partial charge is 0.120 e. The van der Waals surface area contributed by atoms with E-state index in [-0.39, 0.29) is 0 Å². The molecule has 84 valence electrons. The number of phenols is 1. The summed E-state index contributed by atoms with van der Waals surface area (Å²) in [7, 11) is 0. The van der Waals surface area contributed by atoms with Crippen LogP contribution in [0.2, 0.25) is 0 Å². The lowest BCUT2D eigenvalue weighted by Crippen LogP contribution is -2.12. The van der Waals surface area contributed by atoms with E-state index in [1.807, 2.05) is 37.3 Å². The standard InChI is InChI=1S/C13H15NO2/c1-10-6-7-12(16-10)9-14-8-11-4-2-3-5-13(11)15/h2-7,14-15H,8-9H2,1H3. The van der Waals surface area contributed by atoms with Crippen LogP contribution in [0.15, 0.2) is 40.8 Å². The van der Waals surface area contributed by atoms with Gasteiger partial charge in [0, 0.05) is 12.1 Å². The van der Waals surface area contributed by atoms with Crippen LogP contribution in [-0.4, -0.2) is 5.11 Å². The Labute approximate surface area is 94.7 Å². The molecule has 0 aliphatic carbocycles. The van der Waals surface area contributed by atoms with Crippen LogP contribution in [0.4, 0.5) is 0 Å². The number of aryl methyl sites for hydroxylation is 1. The Morgan fingerprint density at radius 2 is 1.94 bits per heavy atom. The summed E-state index contributed by atoms with van der Waals surface area (Å²) in [6, 6.07) is 11.2. The number of furan rings is 1. The molecule has 0 radical (unpaired) electrons. The SMILES string of the molecule is Cc1ccc(CNCc2ccccc2O)o1. The molecule has 0 fully saturated rings. The van der Waals surface area contributed by atoms with Gasteiger partial charge in [-0.15, -0.1) is 0 Å². The Morgan fingerprint density at radius 3 is 2.62 bits per heavy atom. The number of hydrogen-bond acceptors (Lipinski definition) is 3. The van der Waals surface area contributed by atoms with E-state index in [9.17, 15) is 5.11 Å². The molecule has 0 aliphatic heterocycles. The Balaban J connectivity index is 1.87. The number of nitrogens with one attached hydrogen (secondary N) is 1. The molecule has 0 saturated carbocycles. The summed E-state index contributed by atoms with van der Waals surface area (Å²) in [5.74, 6) is 2.15. The van der Waals surface area contributed by atoms with Crippen molar-refractivity contribution in [2.75, 3.05) is 0 Å². The van der Waals surface area contributed by atoms with Crippen molar-refractivity contribution in [2.45, 2.75) is 20.0 Å². The van der Waals surface area contributed by atoms with Crippen molar-refractivity contribution in [3.63, 3.8) is 0 Å². The van der Waals surface area contributed by atoms with Crippen molar-refractivity contribution in [1.82, 2.24) is 5.32 Å². The lowest BCUT2D eigenvalue weighted by atomic mass is 10.2. The third-order valence-electron chi connectivity index (χ3n) is 2.40. The molecule has 0 amide bonds. The minimum absolute atomic E-state index is 0.325. The maximum atomic E-state index is 9.55. The van der Waals surface area contributed by atoms with Gasteiger partial charge in [0.2, 0.25) is 0 Å². The fourth-order valence-electron chi connectivity index (χ4n) is 1.56. The predicted octanol–water partition coefficient (Wildman–Crippen LogP) is 2.58. The minimum atomic E-state index is 0.325. The number of para-hydroxylation sites is 1. The van der Waals surface area contributed by atoms with E-state index in [1.165, 1.54) is 0 Å². The highest BCUT2D eigenvalue weighted by molar-refractivity contribution is 5.31. The van der Waals surface area contributed by atoms with E-state index in [0.29, 0.717) is 18.8 Å². The molecular weight excluding hydrogens is 202 g/mol. The highest BCUT2D eigenvalue weighted by Gasteiger charge is 2.00. The van der Waals surface area contributed by atoms with Crippen LogP contribution in [0.3, 0.4) is 0 Å². The van der Waals surface area contributed by atoms with Crippen molar-refractivity contribution in [1.29, 1.82) is 0 Å². The number of hydrogen-bond donors (Lipinski definition) is 2. The van der Waals surface area contributed by atoms with E-state index in [1.54, 1.807) is 6.07 Å². The normalized spacial score (nSPS) is 10.6. The van der Waals surface area contributed by atoms with Crippen molar-refractivity contribution in [3.05, 3.63) is 53.5 Å². The second kappa shape index (κ2) is 4.86. The first kappa shape index (κ1) is 10.8. The van der Waals surface area contributed by atoms with E-state index >= 15 is 0 Å². The van der Waals surface area contributed by atoms with Crippen LogP contribution in [0.25, 0.3) is 0 Å². The monoisotopic (exact) mass is 217 g/mol. The summed E-state index contributed by atoms with van der Waals surface area (Å²) in [6.07, 6.45) is 0. The topological polar surface area (TPSA) is 45.4 Å². The Kier molecular flexibility index (Phi) is 3.27. The van der Waals surface area contributed by atoms with Crippen LogP contribution < -0.4 is 5.32 Å². The summed E-state index contributed by atoms with van der Waals surface area (Å²) in [4.78, 5) is 0. The van der Waals surface area contributed by atoms with Crippen LogP contribution >= 0.6 is 0 Å². The zero-order chi connectivity index (χ0) is 11.4. The molecule has 0 bridgehead atoms. The van der Waals surface area contributed by atoms with Crippen LogP contribution in [-0.2, 0) is 13.1 Å². The van der Waals surface area contributed by atoms with E-state index < -0.39 is 0 Å². The average molecular weight is 217 g/mol. The molecule has 0 atom stereocenters. The second-order valence-electron chi connectivity index (χ2n) is 3.74. The van der Waals surface area contributed by atoms with E-state index in [4.69, 9.17) is 4.42 Å². The fourth-order valence-corrected chi connectivity index (χ4v) is 1.56. The zero-order valence-electron chi connectivity index (χ0n) is 9.23. The van der Waals surface area contributed by atoms with Gasteiger partial charge in [-0.2, -0.15) is 0 Å². The summed E-state index contributed by atoms with van der Waals surface area (Å²) in [6.45, 7) is 3.22. The van der Waals surface area contributed by atoms with Gasteiger partial charge in [0.15, 0.2) is 0 Å². The molecule has 3 nitrogen and oxygen atoms in total. The van der Waals surface area contributed by atoms with Gasteiger partial charge in [-0.3, -0.25) is 0 Å². The van der Waals surface area contributed by atoms with Gasteiger partial charge in [-0.25, -0.2) is 0 Å². The van der Waals surface area contributed by atoms with Gasteiger partial charge < -0.3 is 14.8 Å². The van der Waals surface area contributed by atoms with Gasteiger partial charge in [-0.05, 0) is 25.1 Å². The number of phenolic OH excluding ortho intramolecular Hbond substituents is 1. The summed E-state index contributed by atoms with van der Waals surface area (Å²) < 4.78 is 5.43. The largest absolute Gasteiger partial charge is 0.508 e. The average Bonchev–Trinajstić information content (AvgIpc) is 2.67. The van der Waals surface area contributed by atoms with Crippen molar-refractivity contribution < 1.29 is 9.52 Å². The number of rotatable bonds is 4. The Hall–Kier alpha value is -1.74. The molecule has 2 N–H and O–H groups in total. The first-order valence-corrected chi connectivity index (χ1v) is 5.28. The zero-order valence-corrected chi connectivity index (χ0v) is 9.23. The molecule has 1 aromatic carbocycles. The molecule has 2 rings (SSSR count). The maximum Gasteiger partial charge on any atom is 0.120 e. The Bertz CT molecular complexity index is 462. The summed E-state index contributed by atoms with van der Waals surface area (Å²) >= 11 is 0. The van der Waals surface area contributed by atoms with Gasteiger partial charge in [0.25, 0.3) is 0 Å². The van der Waals surface area contributed by atoms with Crippen LogP contribution in [0.5, 0.6) is 5.75 Å². The lowest BCUT2D eigenvalue weighted by Gasteiger charge is -2.04. The summed E-state index contributed by atoms with van der Waals surface area (Å²) in [5.41, 5.74) is 0.894. The first-order valence-electron chi connectivity index (χ1n) is 5.28. The van der Waals surface area contributed by atoms with Gasteiger partial charge in [-0.1, -0.05) is 18.2 Å². The molecule has 0 saturated heterocycles. The number of aromatic hydroxyl groups is 1. The highest BCUT2D eigenvalue weighted by Crippen LogP contribution is 2.15. The molecule has 1 heterocycles. The minimum Gasteiger partial charge on any atom is -0.508 e. The molecule has 0 spiro atoms. The molecule has 0 unspecified atom stereocenters. The first-order chi connectivity index (χ1) is 7.75. The fraction of sp³-hybridized carbons (Fsp3) is 0.231. The maximum absolute atomic E-state index is 9.55. The number of benzene rings is 1. The molecular formula is C13H15NO2. The Morgan fingerprint density at radius 1 is 1.12 bits per heavy atom. The lowest BCUT2D eigenvalue weighted by molar-refractivity contribution is 0.449. The highest BCUT2D eigenvalue weighted by atomic mass is 16.3. The summed E-state index contributed by atoms with van der Waals surface area (Å²) in [5, 5.41) is 12.8. The molecule has 0 aliphatic rings. The van der Waals surface area contributed by atoms with Gasteiger partial charge in [0.1, 0.15) is 17.3 Å². The van der Waals surface area contributed by atoms with Gasteiger partial charge in [0.05, 0.1) is 6.54 Å². The quantitative estimate of drug-likeness (QED) is 0.827. The van der Waals surface area contributed by atoms with Crippen LogP contribution in [0, 0.1) is 6.92 Å². The van der Waals surface area contributed by atoms with E-state index in [2.05, 4.69) is 5.32 Å². The van der Waals surface area contributed by atoms with Crippen molar-refractivity contribution in [3.8, 4) is 5.75 Å². The van der Waals surface area contributed by atoms with Crippen molar-refractivity contribution in [2.24, 2.45) is 0 Å².